The largest absolute Gasteiger partial charge is 0.393 e. The molecular formula is C16H26N4O3S. The molecule has 1 aliphatic heterocycles. The normalized spacial score (nSPS) is 28.5. The van der Waals surface area contributed by atoms with Crippen LogP contribution in [0, 0.1) is 0 Å². The summed E-state index contributed by atoms with van der Waals surface area (Å²) in [5, 5.41) is 16.2. The standard InChI is InChI=1S/C16H26N4O3S/c1-24(22,23)14-10-18-16(19-12-4-6-13(21)7-5-12)20-15(14)11-3-2-8-17-9-11/h10-13,17,21H,2-9H2,1H3,(H,18,19,20)/t11-,12?,13?/m0/s1. The fraction of sp³-hybridized carbons (Fsp3) is 0.750. The van der Waals surface area contributed by atoms with Gasteiger partial charge in [0.1, 0.15) is 4.90 Å². The van der Waals surface area contributed by atoms with Crippen LogP contribution in [0.4, 0.5) is 5.95 Å². The van der Waals surface area contributed by atoms with Crippen LogP contribution >= 0.6 is 0 Å². The predicted octanol–water partition coefficient (Wildman–Crippen LogP) is 1.06. The van der Waals surface area contributed by atoms with Crippen molar-refractivity contribution >= 4 is 15.8 Å². The molecule has 1 saturated carbocycles. The molecule has 2 fully saturated rings. The highest BCUT2D eigenvalue weighted by Gasteiger charge is 2.26. The van der Waals surface area contributed by atoms with Gasteiger partial charge < -0.3 is 15.7 Å². The number of aromatic nitrogens is 2. The molecule has 1 saturated heterocycles. The summed E-state index contributed by atoms with van der Waals surface area (Å²) in [6.07, 6.45) is 7.69. The van der Waals surface area contributed by atoms with Crippen molar-refractivity contribution in [3.8, 4) is 0 Å². The molecule has 8 heteroatoms. The number of piperidine rings is 1. The molecule has 0 bridgehead atoms. The van der Waals surface area contributed by atoms with E-state index in [0.29, 0.717) is 11.6 Å². The molecule has 0 amide bonds. The Bertz CT molecular complexity index is 666. The summed E-state index contributed by atoms with van der Waals surface area (Å²) in [7, 11) is -3.35. The number of sulfone groups is 1. The van der Waals surface area contributed by atoms with Crippen molar-refractivity contribution < 1.29 is 13.5 Å². The van der Waals surface area contributed by atoms with E-state index >= 15 is 0 Å². The molecule has 24 heavy (non-hydrogen) atoms. The molecule has 1 aromatic heterocycles. The van der Waals surface area contributed by atoms with Crippen LogP contribution in [-0.4, -0.2) is 55.0 Å². The quantitative estimate of drug-likeness (QED) is 0.743. The third-order valence-corrected chi connectivity index (χ3v) is 6.01. The maximum Gasteiger partial charge on any atom is 0.223 e. The van der Waals surface area contributed by atoms with Gasteiger partial charge in [0.25, 0.3) is 0 Å². The number of nitrogens with zero attached hydrogens (tertiary/aromatic N) is 2. The zero-order valence-corrected chi connectivity index (χ0v) is 14.8. The van der Waals surface area contributed by atoms with Crippen molar-refractivity contribution in [2.45, 2.75) is 61.5 Å². The Morgan fingerprint density at radius 1 is 1.25 bits per heavy atom. The lowest BCUT2D eigenvalue weighted by atomic mass is 9.93. The van der Waals surface area contributed by atoms with Crippen LogP contribution in [0.2, 0.25) is 0 Å². The third kappa shape index (κ3) is 4.23. The van der Waals surface area contributed by atoms with E-state index in [4.69, 9.17) is 0 Å². The van der Waals surface area contributed by atoms with Crippen molar-refractivity contribution in [3.05, 3.63) is 11.9 Å². The van der Waals surface area contributed by atoms with Gasteiger partial charge in [-0.2, -0.15) is 0 Å². The Morgan fingerprint density at radius 2 is 2.00 bits per heavy atom. The van der Waals surface area contributed by atoms with E-state index in [2.05, 4.69) is 20.6 Å². The summed E-state index contributed by atoms with van der Waals surface area (Å²) in [5.41, 5.74) is 0.623. The maximum atomic E-state index is 12.1. The molecule has 3 N–H and O–H groups in total. The van der Waals surface area contributed by atoms with Crippen LogP contribution in [0.25, 0.3) is 0 Å². The molecule has 2 aliphatic rings. The number of nitrogens with one attached hydrogen (secondary N) is 2. The minimum atomic E-state index is -3.35. The van der Waals surface area contributed by atoms with Crippen molar-refractivity contribution in [1.82, 2.24) is 15.3 Å². The Labute approximate surface area is 143 Å². The molecule has 0 spiro atoms. The van der Waals surface area contributed by atoms with Gasteiger partial charge in [-0.3, -0.25) is 0 Å². The molecule has 0 unspecified atom stereocenters. The van der Waals surface area contributed by atoms with Gasteiger partial charge >= 0.3 is 0 Å². The Kier molecular flexibility index (Phi) is 5.36. The van der Waals surface area contributed by atoms with E-state index in [1.54, 1.807) is 0 Å². The second kappa shape index (κ2) is 7.33. The number of rotatable bonds is 4. The van der Waals surface area contributed by atoms with Gasteiger partial charge in [-0.1, -0.05) is 0 Å². The van der Waals surface area contributed by atoms with E-state index in [9.17, 15) is 13.5 Å². The molecule has 1 atom stereocenters. The lowest BCUT2D eigenvalue weighted by molar-refractivity contribution is 0.126. The SMILES string of the molecule is CS(=O)(=O)c1cnc(NC2CCC(O)CC2)nc1[C@H]1CCCNC1. The fourth-order valence-electron chi connectivity index (χ4n) is 3.52. The summed E-state index contributed by atoms with van der Waals surface area (Å²) in [6.45, 7) is 1.71. The summed E-state index contributed by atoms with van der Waals surface area (Å²) in [6, 6.07) is 0.231. The maximum absolute atomic E-state index is 12.1. The average molecular weight is 354 g/mol. The monoisotopic (exact) mass is 354 g/mol. The first kappa shape index (κ1) is 17.6. The fourth-order valence-corrected chi connectivity index (χ4v) is 4.36. The number of aliphatic hydroxyl groups is 1. The van der Waals surface area contributed by atoms with Crippen molar-refractivity contribution in [3.63, 3.8) is 0 Å². The summed E-state index contributed by atoms with van der Waals surface area (Å²) >= 11 is 0. The molecule has 0 radical (unpaired) electrons. The Hall–Kier alpha value is -1.25. The summed E-state index contributed by atoms with van der Waals surface area (Å²) in [5.74, 6) is 0.588. The minimum absolute atomic E-state index is 0.0974. The first-order chi connectivity index (χ1) is 11.4. The molecule has 1 aliphatic carbocycles. The van der Waals surface area contributed by atoms with Crippen LogP contribution in [0.15, 0.2) is 11.1 Å². The van der Waals surface area contributed by atoms with E-state index < -0.39 is 9.84 Å². The molecule has 2 heterocycles. The highest BCUT2D eigenvalue weighted by atomic mass is 32.2. The summed E-state index contributed by atoms with van der Waals surface area (Å²) < 4.78 is 24.2. The molecule has 7 nitrogen and oxygen atoms in total. The molecular weight excluding hydrogens is 328 g/mol. The minimum Gasteiger partial charge on any atom is -0.393 e. The van der Waals surface area contributed by atoms with Crippen LogP contribution in [0.1, 0.15) is 50.1 Å². The van der Waals surface area contributed by atoms with E-state index in [1.807, 2.05) is 0 Å². The van der Waals surface area contributed by atoms with E-state index in [-0.39, 0.29) is 23.0 Å². The zero-order valence-electron chi connectivity index (χ0n) is 14.0. The number of aliphatic hydroxyl groups excluding tert-OH is 1. The highest BCUT2D eigenvalue weighted by molar-refractivity contribution is 7.90. The molecule has 0 aromatic carbocycles. The predicted molar refractivity (Wildman–Crippen MR) is 91.9 cm³/mol. The highest BCUT2D eigenvalue weighted by Crippen LogP contribution is 2.28. The van der Waals surface area contributed by atoms with Crippen molar-refractivity contribution in [2.24, 2.45) is 0 Å². The second-order valence-electron chi connectivity index (χ2n) is 6.91. The van der Waals surface area contributed by atoms with E-state index in [1.165, 1.54) is 12.5 Å². The Balaban J connectivity index is 1.83. The van der Waals surface area contributed by atoms with Gasteiger partial charge in [0, 0.05) is 24.8 Å². The van der Waals surface area contributed by atoms with Crippen molar-refractivity contribution in [1.29, 1.82) is 0 Å². The van der Waals surface area contributed by atoms with Crippen LogP contribution < -0.4 is 10.6 Å². The van der Waals surface area contributed by atoms with Crippen LogP contribution in [-0.2, 0) is 9.84 Å². The van der Waals surface area contributed by atoms with Crippen LogP contribution in [0.5, 0.6) is 0 Å². The third-order valence-electron chi connectivity index (χ3n) is 4.90. The number of hydrogen-bond donors (Lipinski definition) is 3. The van der Waals surface area contributed by atoms with Gasteiger partial charge in [-0.05, 0) is 45.1 Å². The average Bonchev–Trinajstić information content (AvgIpc) is 2.57. The van der Waals surface area contributed by atoms with Gasteiger partial charge in [-0.25, -0.2) is 18.4 Å². The van der Waals surface area contributed by atoms with Gasteiger partial charge in [0.2, 0.25) is 5.95 Å². The Morgan fingerprint density at radius 3 is 2.62 bits per heavy atom. The van der Waals surface area contributed by atoms with Crippen molar-refractivity contribution in [2.75, 3.05) is 24.7 Å². The lowest BCUT2D eigenvalue weighted by Gasteiger charge is -2.27. The topological polar surface area (TPSA) is 104 Å². The lowest BCUT2D eigenvalue weighted by Crippen LogP contribution is -2.31. The first-order valence-corrected chi connectivity index (χ1v) is 10.5. The molecule has 134 valence electrons. The number of hydrogen-bond acceptors (Lipinski definition) is 7. The van der Waals surface area contributed by atoms with E-state index in [0.717, 1.165) is 51.6 Å². The second-order valence-corrected chi connectivity index (χ2v) is 8.89. The molecule has 1 aromatic rings. The zero-order chi connectivity index (χ0) is 17.2. The smallest absolute Gasteiger partial charge is 0.223 e. The van der Waals surface area contributed by atoms with Gasteiger partial charge in [0.05, 0.1) is 18.0 Å². The molecule has 3 rings (SSSR count). The first-order valence-electron chi connectivity index (χ1n) is 8.66. The van der Waals surface area contributed by atoms with Crippen LogP contribution in [0.3, 0.4) is 0 Å². The number of anilines is 1. The van der Waals surface area contributed by atoms with Gasteiger partial charge in [-0.15, -0.1) is 0 Å². The summed E-state index contributed by atoms with van der Waals surface area (Å²) in [4.78, 5) is 9.04. The van der Waals surface area contributed by atoms with Gasteiger partial charge in [0.15, 0.2) is 9.84 Å².